The summed E-state index contributed by atoms with van der Waals surface area (Å²) < 4.78 is 0. The average Bonchev–Trinajstić information content (AvgIpc) is 1.84. The molecule has 0 nitrogen and oxygen atoms in total. The molecule has 12 heavy (non-hydrogen) atoms. The molecule has 1 heteroatoms. The average molecular weight is 188 g/mol. The minimum Gasteiger partial charge on any atom is -0.159 e. The molecule has 0 rings (SSSR count). The predicted molar refractivity (Wildman–Crippen MR) is 60.8 cm³/mol. The highest BCUT2D eigenvalue weighted by Crippen LogP contribution is 2.19. The van der Waals surface area contributed by atoms with Crippen molar-refractivity contribution in [3.05, 3.63) is 0 Å². The standard InChI is InChI=1S/C11H24S/c1-9(2)8-11(5)6-7-12-10(3)4/h9-11H,6-8H2,1-5H3. The summed E-state index contributed by atoms with van der Waals surface area (Å²) in [6.45, 7) is 11.6. The van der Waals surface area contributed by atoms with Crippen LogP contribution < -0.4 is 0 Å². The Labute approximate surface area is 82.5 Å². The zero-order chi connectivity index (χ0) is 9.56. The van der Waals surface area contributed by atoms with Crippen LogP contribution in [0.4, 0.5) is 0 Å². The Kier molecular flexibility index (Phi) is 7.02. The van der Waals surface area contributed by atoms with Crippen molar-refractivity contribution >= 4 is 11.8 Å². The fourth-order valence-electron chi connectivity index (χ4n) is 1.43. The van der Waals surface area contributed by atoms with Crippen LogP contribution in [-0.4, -0.2) is 11.0 Å². The summed E-state index contributed by atoms with van der Waals surface area (Å²) in [4.78, 5) is 0. The molecule has 0 fully saturated rings. The summed E-state index contributed by atoms with van der Waals surface area (Å²) in [5.74, 6) is 3.12. The van der Waals surface area contributed by atoms with Crippen molar-refractivity contribution in [1.29, 1.82) is 0 Å². The van der Waals surface area contributed by atoms with E-state index in [1.54, 1.807) is 0 Å². The minimum atomic E-state index is 0.802. The molecule has 0 spiro atoms. The van der Waals surface area contributed by atoms with Crippen molar-refractivity contribution in [1.82, 2.24) is 0 Å². The molecule has 0 N–H and O–H groups in total. The maximum Gasteiger partial charge on any atom is -0.000968 e. The van der Waals surface area contributed by atoms with Crippen molar-refractivity contribution in [2.45, 2.75) is 52.7 Å². The zero-order valence-corrected chi connectivity index (χ0v) is 10.1. The van der Waals surface area contributed by atoms with E-state index in [1.807, 2.05) is 0 Å². The second kappa shape index (κ2) is 6.82. The molecule has 0 aliphatic heterocycles. The molecule has 74 valence electrons. The molecule has 0 aromatic rings. The van der Waals surface area contributed by atoms with Gasteiger partial charge >= 0.3 is 0 Å². The molecule has 0 bridgehead atoms. The lowest BCUT2D eigenvalue weighted by atomic mass is 9.97. The Morgan fingerprint density at radius 3 is 2.00 bits per heavy atom. The summed E-state index contributed by atoms with van der Waals surface area (Å²) in [6.07, 6.45) is 2.78. The van der Waals surface area contributed by atoms with Crippen LogP contribution in [0, 0.1) is 11.8 Å². The van der Waals surface area contributed by atoms with E-state index in [0.29, 0.717) is 0 Å². The Morgan fingerprint density at radius 1 is 1.00 bits per heavy atom. The topological polar surface area (TPSA) is 0 Å². The van der Waals surface area contributed by atoms with E-state index >= 15 is 0 Å². The Morgan fingerprint density at radius 2 is 1.58 bits per heavy atom. The first-order valence-electron chi connectivity index (χ1n) is 5.14. The third kappa shape index (κ3) is 8.45. The van der Waals surface area contributed by atoms with Crippen molar-refractivity contribution < 1.29 is 0 Å². The Hall–Kier alpha value is 0.350. The van der Waals surface area contributed by atoms with Crippen molar-refractivity contribution in [2.24, 2.45) is 11.8 Å². The van der Waals surface area contributed by atoms with Crippen LogP contribution in [-0.2, 0) is 0 Å². The summed E-state index contributed by atoms with van der Waals surface area (Å²) in [5.41, 5.74) is 0. The van der Waals surface area contributed by atoms with Crippen LogP contribution in [0.3, 0.4) is 0 Å². The lowest BCUT2D eigenvalue weighted by Gasteiger charge is -2.13. The van der Waals surface area contributed by atoms with Crippen molar-refractivity contribution in [3.8, 4) is 0 Å². The first-order valence-corrected chi connectivity index (χ1v) is 6.18. The van der Waals surface area contributed by atoms with Gasteiger partial charge < -0.3 is 0 Å². The van der Waals surface area contributed by atoms with Crippen LogP contribution in [0.2, 0.25) is 0 Å². The van der Waals surface area contributed by atoms with Gasteiger partial charge in [-0.25, -0.2) is 0 Å². The van der Waals surface area contributed by atoms with Crippen LogP contribution in [0.25, 0.3) is 0 Å². The quantitative estimate of drug-likeness (QED) is 0.602. The molecule has 0 aliphatic carbocycles. The van der Waals surface area contributed by atoms with E-state index in [9.17, 15) is 0 Å². The Balaban J connectivity index is 3.25. The monoisotopic (exact) mass is 188 g/mol. The lowest BCUT2D eigenvalue weighted by molar-refractivity contribution is 0.431. The maximum absolute atomic E-state index is 2.38. The van der Waals surface area contributed by atoms with Gasteiger partial charge in [0.15, 0.2) is 0 Å². The van der Waals surface area contributed by atoms with E-state index in [2.05, 4.69) is 46.4 Å². The van der Waals surface area contributed by atoms with Gasteiger partial charge in [-0.05, 0) is 35.7 Å². The molecule has 0 amide bonds. The number of thioether (sulfide) groups is 1. The van der Waals surface area contributed by atoms with Crippen LogP contribution in [0.1, 0.15) is 47.5 Å². The predicted octanol–water partition coefficient (Wildman–Crippen LogP) is 4.20. The third-order valence-electron chi connectivity index (χ3n) is 1.94. The van der Waals surface area contributed by atoms with Gasteiger partial charge in [-0.1, -0.05) is 34.6 Å². The molecule has 0 aliphatic rings. The van der Waals surface area contributed by atoms with Crippen LogP contribution in [0.15, 0.2) is 0 Å². The third-order valence-corrected chi connectivity index (χ3v) is 3.07. The van der Waals surface area contributed by atoms with Crippen molar-refractivity contribution in [3.63, 3.8) is 0 Å². The zero-order valence-electron chi connectivity index (χ0n) is 9.26. The van der Waals surface area contributed by atoms with E-state index in [-0.39, 0.29) is 0 Å². The fourth-order valence-corrected chi connectivity index (χ4v) is 2.44. The molecule has 0 aromatic carbocycles. The smallest absolute Gasteiger partial charge is 0.000968 e. The Bertz CT molecular complexity index is 97.2. The lowest BCUT2D eigenvalue weighted by Crippen LogP contribution is -2.02. The van der Waals surface area contributed by atoms with Crippen LogP contribution in [0.5, 0.6) is 0 Å². The fraction of sp³-hybridized carbons (Fsp3) is 1.00. The van der Waals surface area contributed by atoms with Gasteiger partial charge in [0.1, 0.15) is 0 Å². The van der Waals surface area contributed by atoms with Gasteiger partial charge in [0.05, 0.1) is 0 Å². The van der Waals surface area contributed by atoms with E-state index in [0.717, 1.165) is 17.1 Å². The molecule has 0 saturated heterocycles. The summed E-state index contributed by atoms with van der Waals surface area (Å²) in [6, 6.07) is 0. The van der Waals surface area contributed by atoms with E-state index < -0.39 is 0 Å². The molecule has 0 aromatic heterocycles. The summed E-state index contributed by atoms with van der Waals surface area (Å²) in [5, 5.41) is 0.802. The normalized spacial score (nSPS) is 14.2. The number of hydrogen-bond acceptors (Lipinski definition) is 1. The van der Waals surface area contributed by atoms with Gasteiger partial charge in [0.2, 0.25) is 0 Å². The molecule has 0 heterocycles. The molecular weight excluding hydrogens is 164 g/mol. The molecule has 1 unspecified atom stereocenters. The largest absolute Gasteiger partial charge is 0.159 e. The van der Waals surface area contributed by atoms with Gasteiger partial charge in [0.25, 0.3) is 0 Å². The summed E-state index contributed by atoms with van der Waals surface area (Å²) in [7, 11) is 0. The highest BCUT2D eigenvalue weighted by atomic mass is 32.2. The van der Waals surface area contributed by atoms with Gasteiger partial charge in [0, 0.05) is 0 Å². The minimum absolute atomic E-state index is 0.802. The highest BCUT2D eigenvalue weighted by molar-refractivity contribution is 7.99. The highest BCUT2D eigenvalue weighted by Gasteiger charge is 2.05. The molecular formula is C11H24S. The maximum atomic E-state index is 2.38. The van der Waals surface area contributed by atoms with Gasteiger partial charge in [-0.3, -0.25) is 0 Å². The second-order valence-corrected chi connectivity index (χ2v) is 6.13. The van der Waals surface area contributed by atoms with Gasteiger partial charge in [-0.15, -0.1) is 0 Å². The number of hydrogen-bond donors (Lipinski definition) is 0. The molecule has 0 saturated carbocycles. The molecule has 0 radical (unpaired) electrons. The first-order chi connectivity index (χ1) is 5.52. The van der Waals surface area contributed by atoms with Crippen molar-refractivity contribution in [2.75, 3.05) is 5.75 Å². The summed E-state index contributed by atoms with van der Waals surface area (Å²) >= 11 is 2.09. The first kappa shape index (κ1) is 12.3. The van der Waals surface area contributed by atoms with E-state index in [4.69, 9.17) is 0 Å². The second-order valence-electron chi connectivity index (χ2n) is 4.44. The van der Waals surface area contributed by atoms with E-state index in [1.165, 1.54) is 18.6 Å². The SMILES string of the molecule is CC(C)CC(C)CCSC(C)C. The van der Waals surface area contributed by atoms with Gasteiger partial charge in [-0.2, -0.15) is 11.8 Å². The van der Waals surface area contributed by atoms with Crippen LogP contribution >= 0.6 is 11.8 Å². The molecule has 1 atom stereocenters. The number of rotatable bonds is 6.